The second kappa shape index (κ2) is 6.17. The summed E-state index contributed by atoms with van der Waals surface area (Å²) in [4.78, 5) is 0. The second-order valence-corrected chi connectivity index (χ2v) is 3.96. The monoisotopic (exact) mass is 258 g/mol. The number of ether oxygens (including phenoxy) is 1. The third-order valence-corrected chi connectivity index (χ3v) is 2.70. The quantitative estimate of drug-likeness (QED) is 0.879. The molecule has 0 spiro atoms. The van der Waals surface area contributed by atoms with E-state index in [0.717, 1.165) is 10.0 Å². The lowest BCUT2D eigenvalue weighted by Gasteiger charge is -2.11. The molecule has 0 saturated carbocycles. The van der Waals surface area contributed by atoms with Crippen LogP contribution >= 0.6 is 15.9 Å². The van der Waals surface area contributed by atoms with Crippen molar-refractivity contribution >= 4 is 15.9 Å². The second-order valence-electron chi connectivity index (χ2n) is 3.11. The van der Waals surface area contributed by atoms with E-state index in [4.69, 9.17) is 4.74 Å². The van der Waals surface area contributed by atoms with Gasteiger partial charge in [0.25, 0.3) is 0 Å². The molecule has 0 aliphatic heterocycles. The van der Waals surface area contributed by atoms with Crippen molar-refractivity contribution in [2.24, 2.45) is 0 Å². The lowest BCUT2D eigenvalue weighted by atomic mass is 10.1. The molecule has 1 atom stereocenters. The van der Waals surface area contributed by atoms with Crippen molar-refractivity contribution in [1.29, 1.82) is 0 Å². The highest BCUT2D eigenvalue weighted by Gasteiger charge is 2.07. The fourth-order valence-electron chi connectivity index (χ4n) is 1.23. The number of hydrogen-bond acceptors (Lipinski definition) is 2. The highest BCUT2D eigenvalue weighted by molar-refractivity contribution is 9.10. The lowest BCUT2D eigenvalue weighted by Crippen LogP contribution is -2.18. The van der Waals surface area contributed by atoms with Crippen molar-refractivity contribution in [3.63, 3.8) is 0 Å². The van der Waals surface area contributed by atoms with E-state index in [9.17, 15) is 5.11 Å². The summed E-state index contributed by atoms with van der Waals surface area (Å²) in [5, 5.41) is 9.61. The summed E-state index contributed by atoms with van der Waals surface area (Å²) in [6.45, 7) is 2.97. The summed E-state index contributed by atoms with van der Waals surface area (Å²) >= 11 is 3.44. The van der Waals surface area contributed by atoms with Crippen molar-refractivity contribution in [3.05, 3.63) is 34.3 Å². The fourth-order valence-corrected chi connectivity index (χ4v) is 1.68. The van der Waals surface area contributed by atoms with Gasteiger partial charge in [-0.2, -0.15) is 0 Å². The average molecular weight is 259 g/mol. The first-order valence-corrected chi connectivity index (χ1v) is 5.52. The van der Waals surface area contributed by atoms with Crippen LogP contribution in [0, 0.1) is 0 Å². The van der Waals surface area contributed by atoms with E-state index in [1.807, 2.05) is 31.2 Å². The Hall–Kier alpha value is -0.380. The molecule has 2 nitrogen and oxygen atoms in total. The standard InChI is InChI=1S/C11H15BrO2/c1-2-14-8-10(13)7-9-5-3-4-6-11(9)12/h3-6,10,13H,2,7-8H2,1H3. The average Bonchev–Trinajstić information content (AvgIpc) is 2.18. The number of aliphatic hydroxyl groups is 1. The van der Waals surface area contributed by atoms with Gasteiger partial charge in [0.1, 0.15) is 0 Å². The smallest absolute Gasteiger partial charge is 0.0814 e. The molecule has 0 radical (unpaired) electrons. The van der Waals surface area contributed by atoms with Crippen LogP contribution in [-0.4, -0.2) is 24.4 Å². The SMILES string of the molecule is CCOCC(O)Cc1ccccc1Br. The van der Waals surface area contributed by atoms with E-state index in [0.29, 0.717) is 19.6 Å². The third kappa shape index (κ3) is 3.78. The van der Waals surface area contributed by atoms with Gasteiger partial charge in [-0.15, -0.1) is 0 Å². The van der Waals surface area contributed by atoms with Crippen LogP contribution in [0.5, 0.6) is 0 Å². The molecule has 0 heterocycles. The molecule has 1 rings (SSSR count). The highest BCUT2D eigenvalue weighted by atomic mass is 79.9. The molecule has 0 aliphatic rings. The van der Waals surface area contributed by atoms with E-state index in [-0.39, 0.29) is 0 Å². The van der Waals surface area contributed by atoms with Crippen molar-refractivity contribution in [1.82, 2.24) is 0 Å². The summed E-state index contributed by atoms with van der Waals surface area (Å²) in [6, 6.07) is 7.90. The molecule has 0 saturated heterocycles. The Labute approximate surface area is 93.0 Å². The van der Waals surface area contributed by atoms with E-state index in [1.165, 1.54) is 0 Å². The van der Waals surface area contributed by atoms with Gasteiger partial charge in [-0.3, -0.25) is 0 Å². The van der Waals surface area contributed by atoms with Gasteiger partial charge in [0.2, 0.25) is 0 Å². The van der Waals surface area contributed by atoms with Crippen LogP contribution in [0.25, 0.3) is 0 Å². The van der Waals surface area contributed by atoms with E-state index >= 15 is 0 Å². The lowest BCUT2D eigenvalue weighted by molar-refractivity contribution is 0.0429. The number of halogens is 1. The van der Waals surface area contributed by atoms with Gasteiger partial charge in [-0.1, -0.05) is 34.1 Å². The predicted octanol–water partition coefficient (Wildman–Crippen LogP) is 2.39. The van der Waals surface area contributed by atoms with Gasteiger partial charge >= 0.3 is 0 Å². The van der Waals surface area contributed by atoms with Crippen LogP contribution in [0.15, 0.2) is 28.7 Å². The first kappa shape index (κ1) is 11.7. The Kier molecular flexibility index (Phi) is 5.15. The molecule has 78 valence electrons. The van der Waals surface area contributed by atoms with Crippen LogP contribution in [0.3, 0.4) is 0 Å². The predicted molar refractivity (Wildman–Crippen MR) is 60.3 cm³/mol. The molecule has 3 heteroatoms. The molecule has 0 aromatic heterocycles. The number of hydrogen-bond donors (Lipinski definition) is 1. The van der Waals surface area contributed by atoms with Crippen molar-refractivity contribution < 1.29 is 9.84 Å². The van der Waals surface area contributed by atoms with Gasteiger partial charge in [0.15, 0.2) is 0 Å². The zero-order valence-corrected chi connectivity index (χ0v) is 9.83. The summed E-state index contributed by atoms with van der Waals surface area (Å²) in [7, 11) is 0. The summed E-state index contributed by atoms with van der Waals surface area (Å²) in [6.07, 6.45) is 0.204. The maximum Gasteiger partial charge on any atom is 0.0814 e. The molecule has 14 heavy (non-hydrogen) atoms. The van der Waals surface area contributed by atoms with Gasteiger partial charge in [-0.05, 0) is 18.6 Å². The largest absolute Gasteiger partial charge is 0.390 e. The Morgan fingerprint density at radius 3 is 2.79 bits per heavy atom. The van der Waals surface area contributed by atoms with E-state index < -0.39 is 6.10 Å². The maximum absolute atomic E-state index is 9.61. The first-order chi connectivity index (χ1) is 6.74. The topological polar surface area (TPSA) is 29.5 Å². The summed E-state index contributed by atoms with van der Waals surface area (Å²) in [5.41, 5.74) is 1.11. The number of rotatable bonds is 5. The molecule has 0 fully saturated rings. The minimum atomic E-state index is -0.423. The first-order valence-electron chi connectivity index (χ1n) is 4.73. The zero-order valence-electron chi connectivity index (χ0n) is 8.24. The van der Waals surface area contributed by atoms with E-state index in [1.54, 1.807) is 0 Å². The van der Waals surface area contributed by atoms with E-state index in [2.05, 4.69) is 15.9 Å². The minimum absolute atomic E-state index is 0.401. The van der Waals surface area contributed by atoms with Gasteiger partial charge in [0, 0.05) is 17.5 Å². The third-order valence-electron chi connectivity index (χ3n) is 1.93. The van der Waals surface area contributed by atoms with Crippen LogP contribution < -0.4 is 0 Å². The zero-order chi connectivity index (χ0) is 10.4. The molecule has 1 aromatic rings. The molecule has 1 N–H and O–H groups in total. The molecular formula is C11H15BrO2. The molecule has 1 aromatic carbocycles. The molecule has 0 bridgehead atoms. The van der Waals surface area contributed by atoms with Gasteiger partial charge in [-0.25, -0.2) is 0 Å². The Morgan fingerprint density at radius 1 is 1.43 bits per heavy atom. The highest BCUT2D eigenvalue weighted by Crippen LogP contribution is 2.17. The Morgan fingerprint density at radius 2 is 2.14 bits per heavy atom. The van der Waals surface area contributed by atoms with Crippen LogP contribution in [-0.2, 0) is 11.2 Å². The summed E-state index contributed by atoms with van der Waals surface area (Å²) < 4.78 is 6.18. The minimum Gasteiger partial charge on any atom is -0.390 e. The van der Waals surface area contributed by atoms with Crippen molar-refractivity contribution in [3.8, 4) is 0 Å². The molecule has 0 aliphatic carbocycles. The van der Waals surface area contributed by atoms with Gasteiger partial charge < -0.3 is 9.84 Å². The maximum atomic E-state index is 9.61. The van der Waals surface area contributed by atoms with Crippen LogP contribution in [0.2, 0.25) is 0 Å². The number of aliphatic hydroxyl groups excluding tert-OH is 1. The van der Waals surface area contributed by atoms with Crippen LogP contribution in [0.4, 0.5) is 0 Å². The molecule has 1 unspecified atom stereocenters. The Balaban J connectivity index is 2.47. The number of benzene rings is 1. The van der Waals surface area contributed by atoms with Crippen molar-refractivity contribution in [2.75, 3.05) is 13.2 Å². The normalized spacial score (nSPS) is 12.8. The Bertz CT molecular complexity index is 276. The fraction of sp³-hybridized carbons (Fsp3) is 0.455. The summed E-state index contributed by atoms with van der Waals surface area (Å²) in [5.74, 6) is 0. The van der Waals surface area contributed by atoms with Crippen molar-refractivity contribution in [2.45, 2.75) is 19.4 Å². The van der Waals surface area contributed by atoms with Gasteiger partial charge in [0.05, 0.1) is 12.7 Å². The molecular weight excluding hydrogens is 244 g/mol. The van der Waals surface area contributed by atoms with Crippen LogP contribution in [0.1, 0.15) is 12.5 Å². The molecule has 0 amide bonds.